The van der Waals surface area contributed by atoms with Crippen LogP contribution in [0.3, 0.4) is 0 Å². The highest BCUT2D eigenvalue weighted by atomic mass is 16.4. The van der Waals surface area contributed by atoms with E-state index in [2.05, 4.69) is 52.8 Å². The van der Waals surface area contributed by atoms with Gasteiger partial charge in [-0.05, 0) is 59.3 Å². The van der Waals surface area contributed by atoms with Crippen molar-refractivity contribution in [2.75, 3.05) is 32.8 Å². The van der Waals surface area contributed by atoms with Crippen LogP contribution in [0.5, 0.6) is 0 Å². The first-order valence-electron chi connectivity index (χ1n) is 28.0. The Labute approximate surface area is 522 Å². The van der Waals surface area contributed by atoms with Crippen LogP contribution in [0.25, 0.3) is 0 Å². The van der Waals surface area contributed by atoms with Crippen molar-refractivity contribution < 1.29 is 117 Å². The molecule has 0 aromatic heterocycles. The third-order valence-corrected chi connectivity index (χ3v) is 13.0. The number of guanidine groups is 1. The van der Waals surface area contributed by atoms with Crippen molar-refractivity contribution in [3.8, 4) is 0 Å². The molecular weight excluding hydrogens is 1240 g/mol. The van der Waals surface area contributed by atoms with Gasteiger partial charge in [0.05, 0.1) is 51.1 Å². The molecule has 0 aromatic rings. The second-order valence-electron chi connectivity index (χ2n) is 20.7. The van der Waals surface area contributed by atoms with Gasteiger partial charge in [0.2, 0.25) is 82.7 Å². The molecule has 1 rings (SSSR count). The summed E-state index contributed by atoms with van der Waals surface area (Å²) in [5, 5.41) is 81.2. The van der Waals surface area contributed by atoms with E-state index in [1.54, 1.807) is 0 Å². The first kappa shape index (κ1) is 79.6. The van der Waals surface area contributed by atoms with Crippen molar-refractivity contribution in [2.24, 2.45) is 33.7 Å². The zero-order valence-electron chi connectivity index (χ0n) is 50.1. The predicted octanol–water partition coefficient (Wildman–Crippen LogP) is -12.6. The van der Waals surface area contributed by atoms with Crippen LogP contribution >= 0.6 is 0 Å². The molecule has 0 aromatic carbocycles. The minimum Gasteiger partial charge on any atom is -0.481 e. The van der Waals surface area contributed by atoms with Crippen LogP contribution < -0.4 is 87.2 Å². The molecule has 42 heteroatoms. The van der Waals surface area contributed by atoms with Gasteiger partial charge in [-0.2, -0.15) is 0 Å². The second kappa shape index (κ2) is 39.6. The van der Waals surface area contributed by atoms with Gasteiger partial charge in [0.15, 0.2) is 5.96 Å². The Morgan fingerprint density at radius 1 is 0.511 bits per heavy atom. The van der Waals surface area contributed by atoms with Crippen LogP contribution in [0, 0.1) is 0 Å². The molecule has 1 fully saturated rings. The summed E-state index contributed by atoms with van der Waals surface area (Å²) in [4.78, 5) is 232. The van der Waals surface area contributed by atoms with Crippen LogP contribution in [-0.2, 0) is 86.3 Å². The Balaban J connectivity index is 3.16. The summed E-state index contributed by atoms with van der Waals surface area (Å²) in [6, 6.07) is -18.8. The molecule has 27 N–H and O–H groups in total. The summed E-state index contributed by atoms with van der Waals surface area (Å²) in [5.41, 5.74) is 26.7. The molecule has 0 aliphatic carbocycles. The Kier molecular flexibility index (Phi) is 34.3. The fourth-order valence-electron chi connectivity index (χ4n) is 8.24. The molecule has 1 heterocycles. The lowest BCUT2D eigenvalue weighted by molar-refractivity contribution is -0.144. The van der Waals surface area contributed by atoms with Crippen LogP contribution in [0.2, 0.25) is 0 Å². The molecule has 1 saturated heterocycles. The molecular formula is C50H80N18O24. The van der Waals surface area contributed by atoms with Gasteiger partial charge in [-0.15, -0.1) is 0 Å². The van der Waals surface area contributed by atoms with E-state index in [0.29, 0.717) is 0 Å². The molecule has 14 amide bonds. The van der Waals surface area contributed by atoms with E-state index in [9.17, 15) is 112 Å². The third-order valence-electron chi connectivity index (χ3n) is 13.0. The molecule has 1 aliphatic rings. The topological polar surface area (TPSA) is 707 Å². The number of aliphatic hydroxyl groups is 2. The van der Waals surface area contributed by atoms with Gasteiger partial charge in [0, 0.05) is 25.9 Å². The van der Waals surface area contributed by atoms with Gasteiger partial charge < -0.3 is 123 Å². The standard InChI is InChI=1S/C50H80N18O24/c1-20(39(81)57-17-34(74)62-26(49(91)92)8-10-31(52)71)60-47(89)38(22(3)70)67-44(86)28(16-37(79)80)64-45(87)29(19-69)66-40(82)21(2)59-43(85)24(6-4-12-56-50(54)55)61-33(73)18-58-42(84)27(15-32(53)72)65-46(88)30-7-5-13-68(30)48(90)25(9-11-35(75)76)63-41(83)23(51)14-36(77)78/h20-30,38,69-70H,4-19,51H2,1-3H3,(H2,52,71)(H2,53,72)(H,57,81)(H,58,84)(H,59,85)(H,60,89)(H,61,73)(H,62,74)(H,63,83)(H,64,87)(H,65,88)(H,66,82)(H,67,86)(H,75,76)(H,77,78)(H,79,80)(H,91,92)(H4,54,55,56)/t20-,21-,22+,23-,24-,25-,26-,27-,28-,29-,30-,38-/m0/s1. The maximum Gasteiger partial charge on any atom is 0.326 e. The van der Waals surface area contributed by atoms with E-state index in [4.69, 9.17) is 33.8 Å². The quantitative estimate of drug-likeness (QED) is 0.0153. The van der Waals surface area contributed by atoms with Crippen molar-refractivity contribution >= 4 is 113 Å². The number of aliphatic imine (C=N–C) groups is 1. The van der Waals surface area contributed by atoms with Crippen LogP contribution in [-0.4, -0.2) is 253 Å². The first-order chi connectivity index (χ1) is 42.9. The molecule has 1 aliphatic heterocycles. The summed E-state index contributed by atoms with van der Waals surface area (Å²) in [6.07, 6.45) is -6.84. The number of hydrogen-bond donors (Lipinski definition) is 22. The van der Waals surface area contributed by atoms with Crippen molar-refractivity contribution in [1.29, 1.82) is 0 Å². The van der Waals surface area contributed by atoms with E-state index < -0.39 is 237 Å². The number of aliphatic carboxylic acids is 4. The minimum atomic E-state index is -2.11. The van der Waals surface area contributed by atoms with E-state index in [-0.39, 0.29) is 51.2 Å². The number of rotatable bonds is 42. The van der Waals surface area contributed by atoms with Gasteiger partial charge in [-0.25, -0.2) is 4.79 Å². The van der Waals surface area contributed by atoms with Crippen LogP contribution in [0.1, 0.15) is 91.4 Å². The largest absolute Gasteiger partial charge is 0.481 e. The summed E-state index contributed by atoms with van der Waals surface area (Å²) in [6.45, 7) is -0.108. The van der Waals surface area contributed by atoms with Crippen molar-refractivity contribution in [3.63, 3.8) is 0 Å². The Morgan fingerprint density at radius 3 is 1.55 bits per heavy atom. The lowest BCUT2D eigenvalue weighted by atomic mass is 10.1. The zero-order chi connectivity index (χ0) is 70.3. The number of carboxylic acid groups (broad SMARTS) is 4. The molecule has 92 heavy (non-hydrogen) atoms. The van der Waals surface area contributed by atoms with Crippen LogP contribution in [0.4, 0.5) is 0 Å². The molecule has 0 unspecified atom stereocenters. The summed E-state index contributed by atoms with van der Waals surface area (Å²) >= 11 is 0. The molecule has 0 spiro atoms. The minimum absolute atomic E-state index is 0.0256. The number of carbonyl (C=O) groups excluding carboxylic acids is 14. The van der Waals surface area contributed by atoms with Crippen molar-refractivity contribution in [2.45, 2.75) is 164 Å². The monoisotopic (exact) mass is 1320 g/mol. The molecule has 0 radical (unpaired) electrons. The number of nitrogens with two attached hydrogens (primary N) is 5. The van der Waals surface area contributed by atoms with E-state index in [1.807, 2.05) is 10.6 Å². The number of primary amides is 2. The Hall–Kier alpha value is -10.4. The normalized spacial score (nSPS) is 16.0. The summed E-state index contributed by atoms with van der Waals surface area (Å²) in [5.74, 6) is -22.3. The fraction of sp³-hybridized carbons (Fsp3) is 0.620. The number of nitrogens with one attached hydrogen (secondary N) is 11. The molecule has 0 saturated carbocycles. The number of nitrogens with zero attached hydrogens (tertiary/aromatic N) is 2. The molecule has 42 nitrogen and oxygen atoms in total. The highest BCUT2D eigenvalue weighted by Gasteiger charge is 2.41. The number of amides is 14. The summed E-state index contributed by atoms with van der Waals surface area (Å²) < 4.78 is 0. The maximum absolute atomic E-state index is 13.7. The first-order valence-corrected chi connectivity index (χ1v) is 28.0. The summed E-state index contributed by atoms with van der Waals surface area (Å²) in [7, 11) is 0. The van der Waals surface area contributed by atoms with E-state index in [1.165, 1.54) is 0 Å². The highest BCUT2D eigenvalue weighted by molar-refractivity contribution is 6.00. The predicted molar refractivity (Wildman–Crippen MR) is 307 cm³/mol. The number of likely N-dealkylation sites (tertiary alicyclic amines) is 1. The maximum atomic E-state index is 13.7. The lowest BCUT2D eigenvalue weighted by Crippen LogP contribution is -2.61. The van der Waals surface area contributed by atoms with Gasteiger partial charge in [0.25, 0.3) is 0 Å². The third kappa shape index (κ3) is 29.7. The smallest absolute Gasteiger partial charge is 0.326 e. The molecule has 0 bridgehead atoms. The van der Waals surface area contributed by atoms with Gasteiger partial charge >= 0.3 is 23.9 Å². The number of hydrogen-bond acceptors (Lipinski definition) is 22. The highest BCUT2D eigenvalue weighted by Crippen LogP contribution is 2.20. The van der Waals surface area contributed by atoms with Gasteiger partial charge in [0.1, 0.15) is 60.4 Å². The Morgan fingerprint density at radius 2 is 1.02 bits per heavy atom. The number of aliphatic hydroxyl groups excluding tert-OH is 2. The lowest BCUT2D eigenvalue weighted by Gasteiger charge is -2.30. The van der Waals surface area contributed by atoms with Crippen LogP contribution in [0.15, 0.2) is 4.99 Å². The van der Waals surface area contributed by atoms with Gasteiger partial charge in [-0.3, -0.25) is 86.5 Å². The number of carboxylic acids is 4. The average Bonchev–Trinajstić information content (AvgIpc) is 1.64. The van der Waals surface area contributed by atoms with Crippen molar-refractivity contribution in [1.82, 2.24) is 63.4 Å². The van der Waals surface area contributed by atoms with Crippen molar-refractivity contribution in [3.05, 3.63) is 0 Å². The molecule has 514 valence electrons. The second-order valence-corrected chi connectivity index (χ2v) is 20.7. The van der Waals surface area contributed by atoms with E-state index >= 15 is 0 Å². The Bertz CT molecular complexity index is 2780. The SMILES string of the molecule is C[C@H](NC(=O)[C@H](CCCN=C(N)N)NC(=O)CNC(=O)[C@H](CC(N)=O)NC(=O)[C@@H]1CCCN1C(=O)[C@H](CCC(=O)O)NC(=O)[C@@H](N)CC(=O)O)C(=O)N[C@@H](CO)C(=O)N[C@@H](CC(=O)O)C(=O)N[C@H](C(=O)N[C@@H](C)C(=O)NCC(=O)N[C@@H](CCC(N)=O)C(=O)O)[C@@H](C)O. The van der Waals surface area contributed by atoms with Gasteiger partial charge in [-0.1, -0.05) is 0 Å². The average molecular weight is 1320 g/mol. The fourth-order valence-corrected chi connectivity index (χ4v) is 8.24. The molecule has 12 atom stereocenters. The van der Waals surface area contributed by atoms with E-state index in [0.717, 1.165) is 25.7 Å². The zero-order valence-corrected chi connectivity index (χ0v) is 50.1. The number of carbonyl (C=O) groups is 18.